The minimum atomic E-state index is -0.558. The van der Waals surface area contributed by atoms with Gasteiger partial charge in [-0.25, -0.2) is 9.59 Å². The zero-order valence-electron chi connectivity index (χ0n) is 17.2. The lowest BCUT2D eigenvalue weighted by molar-refractivity contribution is -0.138. The Labute approximate surface area is 161 Å². The second kappa shape index (κ2) is 7.90. The summed E-state index contributed by atoms with van der Waals surface area (Å²) < 4.78 is 10.7. The lowest BCUT2D eigenvalue weighted by Gasteiger charge is -2.43. The molecule has 152 valence electrons. The summed E-state index contributed by atoms with van der Waals surface area (Å²) in [4.78, 5) is 38.4. The van der Waals surface area contributed by atoms with Gasteiger partial charge in [0.25, 0.3) is 0 Å². The summed E-state index contributed by atoms with van der Waals surface area (Å²) in [6.45, 7) is 15.4. The van der Waals surface area contributed by atoms with Crippen molar-refractivity contribution in [1.29, 1.82) is 0 Å². The number of carbonyl (C=O) groups excluding carboxylic acids is 3. The van der Waals surface area contributed by atoms with Crippen LogP contribution in [0.3, 0.4) is 0 Å². The number of likely N-dealkylation sites (tertiary alicyclic amines) is 1. The Balaban J connectivity index is 1.98. The van der Waals surface area contributed by atoms with Crippen LogP contribution in [0.2, 0.25) is 0 Å². The van der Waals surface area contributed by atoms with Gasteiger partial charge in [-0.05, 0) is 46.0 Å². The first-order valence-corrected chi connectivity index (χ1v) is 9.55. The first-order valence-electron chi connectivity index (χ1n) is 9.55. The van der Waals surface area contributed by atoms with Gasteiger partial charge in [0.15, 0.2) is 0 Å². The Morgan fingerprint density at radius 1 is 1.30 bits per heavy atom. The maximum absolute atomic E-state index is 12.9. The van der Waals surface area contributed by atoms with Crippen LogP contribution < -0.4 is 5.32 Å². The van der Waals surface area contributed by atoms with Gasteiger partial charge in [0.05, 0.1) is 12.6 Å². The molecule has 0 radical (unpaired) electrons. The van der Waals surface area contributed by atoms with E-state index in [9.17, 15) is 14.4 Å². The average molecular weight is 380 g/mol. The normalized spacial score (nSPS) is 30.1. The Hall–Kier alpha value is -2.05. The molecule has 2 amide bonds. The van der Waals surface area contributed by atoms with Crippen molar-refractivity contribution in [3.63, 3.8) is 0 Å². The molecular formula is C20H32N2O5. The summed E-state index contributed by atoms with van der Waals surface area (Å²) in [6, 6.07) is -0.127. The number of fused-ring (bicyclic) bond motifs is 2. The fraction of sp³-hybridized carbons (Fsp3) is 0.750. The Kier molecular flexibility index (Phi) is 6.22. The van der Waals surface area contributed by atoms with Crippen LogP contribution in [0.4, 0.5) is 4.79 Å². The molecule has 27 heavy (non-hydrogen) atoms. The van der Waals surface area contributed by atoms with Gasteiger partial charge < -0.3 is 19.7 Å². The first kappa shape index (κ1) is 21.3. The molecule has 1 N–H and O–H groups in total. The van der Waals surface area contributed by atoms with Crippen molar-refractivity contribution in [2.24, 2.45) is 17.8 Å². The monoisotopic (exact) mass is 380 g/mol. The molecule has 5 unspecified atom stereocenters. The first-order chi connectivity index (χ1) is 12.4. The highest BCUT2D eigenvalue weighted by Crippen LogP contribution is 2.47. The summed E-state index contributed by atoms with van der Waals surface area (Å²) in [5, 5.41) is 2.61. The summed E-state index contributed by atoms with van der Waals surface area (Å²) in [5.41, 5.74) is -0.0192. The van der Waals surface area contributed by atoms with Crippen LogP contribution in [-0.4, -0.2) is 53.7 Å². The van der Waals surface area contributed by atoms with Crippen molar-refractivity contribution in [3.8, 4) is 0 Å². The minimum Gasteiger partial charge on any atom is -0.460 e. The lowest BCUT2D eigenvalue weighted by atomic mass is 9.73. The third-order valence-electron chi connectivity index (χ3n) is 5.47. The molecule has 2 rings (SSSR count). The van der Waals surface area contributed by atoms with E-state index in [1.807, 2.05) is 32.6 Å². The summed E-state index contributed by atoms with van der Waals surface area (Å²) in [5.74, 6) is -0.100. The third-order valence-corrected chi connectivity index (χ3v) is 5.47. The molecule has 1 aliphatic heterocycles. The van der Waals surface area contributed by atoms with E-state index in [1.54, 1.807) is 6.92 Å². The van der Waals surface area contributed by atoms with Gasteiger partial charge >= 0.3 is 12.1 Å². The van der Waals surface area contributed by atoms with Crippen molar-refractivity contribution in [1.82, 2.24) is 10.2 Å². The molecule has 0 spiro atoms. The zero-order chi connectivity index (χ0) is 20.5. The Bertz CT molecular complexity index is 624. The summed E-state index contributed by atoms with van der Waals surface area (Å²) >= 11 is 0. The number of nitrogens with zero attached hydrogens (tertiary/aromatic N) is 1. The molecule has 2 aliphatic rings. The molecule has 7 nitrogen and oxygen atoms in total. The molecular weight excluding hydrogens is 348 g/mol. The van der Waals surface area contributed by atoms with Crippen LogP contribution in [0.15, 0.2) is 12.2 Å². The second-order valence-electron chi connectivity index (χ2n) is 8.76. The Morgan fingerprint density at radius 2 is 1.93 bits per heavy atom. The number of carbonyl (C=O) groups is 3. The topological polar surface area (TPSA) is 84.9 Å². The highest BCUT2D eigenvalue weighted by molar-refractivity contribution is 5.87. The zero-order valence-corrected chi connectivity index (χ0v) is 17.2. The second-order valence-corrected chi connectivity index (χ2v) is 8.76. The van der Waals surface area contributed by atoms with Crippen LogP contribution in [0, 0.1) is 17.8 Å². The average Bonchev–Trinajstić information content (AvgIpc) is 2.72. The van der Waals surface area contributed by atoms with Crippen LogP contribution in [0.25, 0.3) is 0 Å². The Morgan fingerprint density at radius 3 is 2.48 bits per heavy atom. The van der Waals surface area contributed by atoms with Crippen LogP contribution in [0.1, 0.15) is 48.0 Å². The van der Waals surface area contributed by atoms with Crippen molar-refractivity contribution in [3.05, 3.63) is 12.2 Å². The van der Waals surface area contributed by atoms with E-state index in [0.29, 0.717) is 5.57 Å². The van der Waals surface area contributed by atoms with Crippen LogP contribution >= 0.6 is 0 Å². The van der Waals surface area contributed by atoms with Gasteiger partial charge in [-0.1, -0.05) is 20.4 Å². The molecule has 1 saturated heterocycles. The van der Waals surface area contributed by atoms with E-state index in [2.05, 4.69) is 18.8 Å². The molecule has 0 aromatic rings. The van der Waals surface area contributed by atoms with Gasteiger partial charge in [0.1, 0.15) is 12.7 Å². The third kappa shape index (κ3) is 4.45. The largest absolute Gasteiger partial charge is 0.460 e. The van der Waals surface area contributed by atoms with Crippen molar-refractivity contribution in [2.45, 2.75) is 65.6 Å². The van der Waals surface area contributed by atoms with E-state index in [1.165, 1.54) is 0 Å². The standard InChI is InChI=1S/C20H32N2O5/c1-11(2)18(24)26-9-8-21-19(25)27-16-12(3)10-14-13(4)15(16)22(17(14)23)20(5,6)7/h12-16H,1,8-10H2,2-7H3,(H,21,25). The van der Waals surface area contributed by atoms with Crippen LogP contribution in [0.5, 0.6) is 0 Å². The molecule has 1 heterocycles. The number of ether oxygens (including phenoxy) is 2. The molecule has 2 bridgehead atoms. The van der Waals surface area contributed by atoms with Crippen molar-refractivity contribution >= 4 is 18.0 Å². The van der Waals surface area contributed by atoms with Crippen LogP contribution in [-0.2, 0) is 19.1 Å². The molecule has 7 heteroatoms. The highest BCUT2D eigenvalue weighted by Gasteiger charge is 2.58. The van der Waals surface area contributed by atoms with Gasteiger partial charge in [-0.15, -0.1) is 0 Å². The predicted molar refractivity (Wildman–Crippen MR) is 101 cm³/mol. The molecule has 1 saturated carbocycles. The summed E-state index contributed by atoms with van der Waals surface area (Å²) in [7, 11) is 0. The number of hydrogen-bond acceptors (Lipinski definition) is 5. The predicted octanol–water partition coefficient (Wildman–Crippen LogP) is 2.50. The fourth-order valence-corrected chi connectivity index (χ4v) is 4.21. The fourth-order valence-electron chi connectivity index (χ4n) is 4.21. The number of alkyl carbamates (subject to hydrolysis) is 1. The quantitative estimate of drug-likeness (QED) is 0.450. The van der Waals surface area contributed by atoms with E-state index in [4.69, 9.17) is 9.47 Å². The van der Waals surface area contributed by atoms with Gasteiger partial charge in [0.2, 0.25) is 5.91 Å². The van der Waals surface area contributed by atoms with E-state index < -0.39 is 12.1 Å². The lowest BCUT2D eigenvalue weighted by Crippen LogP contribution is -2.55. The van der Waals surface area contributed by atoms with Crippen molar-refractivity contribution in [2.75, 3.05) is 13.2 Å². The maximum Gasteiger partial charge on any atom is 0.407 e. The number of amides is 2. The maximum atomic E-state index is 12.9. The molecule has 0 aromatic heterocycles. The number of nitrogens with one attached hydrogen (secondary N) is 1. The molecule has 1 aliphatic carbocycles. The summed E-state index contributed by atoms with van der Waals surface area (Å²) in [6.07, 6.45) is -0.200. The number of esters is 1. The minimum absolute atomic E-state index is 0.00584. The van der Waals surface area contributed by atoms with E-state index in [-0.39, 0.29) is 54.5 Å². The van der Waals surface area contributed by atoms with Gasteiger partial charge in [0, 0.05) is 17.0 Å². The highest BCUT2D eigenvalue weighted by atomic mass is 16.6. The van der Waals surface area contributed by atoms with E-state index >= 15 is 0 Å². The number of hydrogen-bond donors (Lipinski definition) is 1. The van der Waals surface area contributed by atoms with Gasteiger partial charge in [-0.2, -0.15) is 0 Å². The molecule has 5 atom stereocenters. The van der Waals surface area contributed by atoms with Crippen molar-refractivity contribution < 1.29 is 23.9 Å². The smallest absolute Gasteiger partial charge is 0.407 e. The number of rotatable bonds is 5. The molecule has 0 aromatic carbocycles. The van der Waals surface area contributed by atoms with Gasteiger partial charge in [-0.3, -0.25) is 4.79 Å². The SMILES string of the molecule is C=C(C)C(=O)OCCNC(=O)OC1C(C)CC2C(=O)N(C(C)(C)C)C1C2C. The van der Waals surface area contributed by atoms with E-state index in [0.717, 1.165) is 6.42 Å². The molecule has 2 fully saturated rings.